The van der Waals surface area contributed by atoms with Gasteiger partial charge in [0.25, 0.3) is 5.56 Å². The predicted octanol–water partition coefficient (Wildman–Crippen LogP) is -2.67. The molecule has 2 aliphatic heterocycles. The molecule has 0 amide bonds. The van der Waals surface area contributed by atoms with Crippen LogP contribution in [-0.2, 0) is 4.74 Å². The van der Waals surface area contributed by atoms with Crippen molar-refractivity contribution in [2.75, 3.05) is 22.6 Å². The monoisotopic (exact) mass is 285 g/mol. The van der Waals surface area contributed by atoms with Gasteiger partial charge in [0.2, 0.25) is 12.3 Å². The molecular formula is C10H15N5O5. The van der Waals surface area contributed by atoms with Crippen LogP contribution >= 0.6 is 0 Å². The van der Waals surface area contributed by atoms with E-state index in [0.29, 0.717) is 0 Å². The van der Waals surface area contributed by atoms with Crippen LogP contribution in [0.3, 0.4) is 0 Å². The predicted molar refractivity (Wildman–Crippen MR) is 67.7 cm³/mol. The summed E-state index contributed by atoms with van der Waals surface area (Å²) in [5.74, 6) is 0.0569. The van der Waals surface area contributed by atoms with Crippen molar-refractivity contribution >= 4 is 17.5 Å². The summed E-state index contributed by atoms with van der Waals surface area (Å²) in [6.45, 7) is -0.340. The van der Waals surface area contributed by atoms with Gasteiger partial charge in [0.05, 0.1) is 12.7 Å². The van der Waals surface area contributed by atoms with Crippen molar-refractivity contribution in [1.29, 1.82) is 0 Å². The third kappa shape index (κ3) is 1.89. The number of hydrogen-bond donors (Lipinski definition) is 6. The van der Waals surface area contributed by atoms with Crippen LogP contribution in [0.15, 0.2) is 4.79 Å². The second-order valence-corrected chi connectivity index (χ2v) is 4.69. The molecule has 0 aromatic carbocycles. The summed E-state index contributed by atoms with van der Waals surface area (Å²) < 4.78 is 5.45. The minimum absolute atomic E-state index is 0.0808. The molecule has 0 spiro atoms. The normalized spacial score (nSPS) is 32.2. The Bertz CT molecular complexity index is 578. The lowest BCUT2D eigenvalue weighted by atomic mass is 10.2. The van der Waals surface area contributed by atoms with Crippen molar-refractivity contribution in [2.24, 2.45) is 0 Å². The molecule has 7 N–H and O–H groups in total. The fourth-order valence-corrected chi connectivity index (χ4v) is 2.45. The number of anilines is 3. The van der Waals surface area contributed by atoms with Crippen LogP contribution in [0.1, 0.15) is 6.42 Å². The fraction of sp³-hybridized carbons (Fsp3) is 0.600. The molecule has 3 heterocycles. The van der Waals surface area contributed by atoms with Gasteiger partial charge in [0.1, 0.15) is 18.0 Å². The first-order valence-electron chi connectivity index (χ1n) is 6.08. The summed E-state index contributed by atoms with van der Waals surface area (Å²) in [6, 6.07) is 0. The lowest BCUT2D eigenvalue weighted by Gasteiger charge is -2.27. The number of aromatic amines is 1. The van der Waals surface area contributed by atoms with Crippen LogP contribution in [-0.4, -0.2) is 56.7 Å². The molecule has 1 fully saturated rings. The van der Waals surface area contributed by atoms with Gasteiger partial charge in [-0.1, -0.05) is 0 Å². The van der Waals surface area contributed by atoms with E-state index >= 15 is 0 Å². The molecule has 1 aromatic heterocycles. The molecule has 1 aromatic rings. The van der Waals surface area contributed by atoms with Crippen molar-refractivity contribution in [2.45, 2.75) is 31.2 Å². The van der Waals surface area contributed by atoms with E-state index < -0.39 is 30.3 Å². The number of aliphatic hydroxyl groups excluding tert-OH is 3. The average molecular weight is 285 g/mol. The number of nitrogens with two attached hydrogens (primary N) is 1. The van der Waals surface area contributed by atoms with Gasteiger partial charge in [0, 0.05) is 6.42 Å². The van der Waals surface area contributed by atoms with Crippen molar-refractivity contribution in [3.8, 4) is 0 Å². The number of H-pyrrole nitrogens is 1. The highest BCUT2D eigenvalue weighted by atomic mass is 16.5. The minimum Gasteiger partial charge on any atom is -0.394 e. The van der Waals surface area contributed by atoms with Crippen molar-refractivity contribution in [3.05, 3.63) is 10.4 Å². The van der Waals surface area contributed by atoms with Gasteiger partial charge in [-0.15, -0.1) is 0 Å². The Balaban J connectivity index is 1.95. The number of nitrogen functional groups attached to an aromatic ring is 1. The maximum Gasteiger partial charge on any atom is 0.278 e. The van der Waals surface area contributed by atoms with Crippen LogP contribution in [0.5, 0.6) is 0 Å². The first kappa shape index (κ1) is 13.1. The van der Waals surface area contributed by atoms with E-state index in [0.717, 1.165) is 0 Å². The molecule has 0 radical (unpaired) electrons. The Morgan fingerprint density at radius 3 is 2.90 bits per heavy atom. The summed E-state index contributed by atoms with van der Waals surface area (Å²) in [5, 5.41) is 31.4. The van der Waals surface area contributed by atoms with Crippen molar-refractivity contribution in [1.82, 2.24) is 9.97 Å². The fourth-order valence-electron chi connectivity index (χ4n) is 2.45. The van der Waals surface area contributed by atoms with Crippen LogP contribution in [0.2, 0.25) is 0 Å². The molecule has 0 saturated carbocycles. The number of nitrogens with one attached hydrogen (secondary N) is 2. The molecule has 110 valence electrons. The van der Waals surface area contributed by atoms with Crippen molar-refractivity contribution in [3.63, 3.8) is 0 Å². The summed E-state index contributed by atoms with van der Waals surface area (Å²) in [7, 11) is 0. The number of hydrogen-bond acceptors (Lipinski definition) is 9. The molecule has 1 saturated heterocycles. The molecule has 4 atom stereocenters. The number of nitrogens with zero attached hydrogens (tertiary/aromatic N) is 2. The lowest BCUT2D eigenvalue weighted by molar-refractivity contribution is -0.0300. The smallest absolute Gasteiger partial charge is 0.278 e. The van der Waals surface area contributed by atoms with Gasteiger partial charge >= 0.3 is 0 Å². The highest BCUT2D eigenvalue weighted by molar-refractivity contribution is 5.71. The van der Waals surface area contributed by atoms with E-state index in [4.69, 9.17) is 15.6 Å². The van der Waals surface area contributed by atoms with Crippen LogP contribution in [0, 0.1) is 0 Å². The minimum atomic E-state index is -1.23. The Morgan fingerprint density at radius 1 is 1.50 bits per heavy atom. The Labute approximate surface area is 112 Å². The topological polar surface area (TPSA) is 157 Å². The first-order chi connectivity index (χ1) is 9.51. The van der Waals surface area contributed by atoms with Crippen LogP contribution in [0.25, 0.3) is 0 Å². The number of aliphatic hydroxyl groups is 3. The summed E-state index contributed by atoms with van der Waals surface area (Å²) in [6.07, 6.45) is -3.39. The number of fused-ring (bicyclic) bond motifs is 1. The Hall–Kier alpha value is -1.88. The maximum atomic E-state index is 11.7. The molecule has 1 unspecified atom stereocenters. The van der Waals surface area contributed by atoms with E-state index in [2.05, 4.69) is 15.3 Å². The largest absolute Gasteiger partial charge is 0.394 e. The molecule has 0 aliphatic carbocycles. The summed E-state index contributed by atoms with van der Waals surface area (Å²) in [4.78, 5) is 19.3. The standard InChI is InChI=1S/C10H15N5O5/c11-9-13-7-6(8(18)14-9)12-10(19)15(7)5-1-3(17)4(2-16)20-5/h3-5,10,12,16-17,19H,1-2H2,(H3,11,13,14,18)/t3-,4+,5+,10?/m0/s1. The van der Waals surface area contributed by atoms with E-state index in [1.807, 2.05) is 0 Å². The zero-order valence-corrected chi connectivity index (χ0v) is 10.4. The molecule has 20 heavy (non-hydrogen) atoms. The SMILES string of the molecule is Nc1nc2c(c(=O)[nH]1)NC(O)N2[C@H]1C[C@H](O)[C@@H](CO)O1. The average Bonchev–Trinajstić information content (AvgIpc) is 2.89. The third-order valence-corrected chi connectivity index (χ3v) is 3.39. The Kier molecular flexibility index (Phi) is 3.01. The zero-order chi connectivity index (χ0) is 14.4. The van der Waals surface area contributed by atoms with E-state index in [1.54, 1.807) is 0 Å². The third-order valence-electron chi connectivity index (χ3n) is 3.39. The van der Waals surface area contributed by atoms with Gasteiger partial charge in [-0.2, -0.15) is 4.98 Å². The first-order valence-corrected chi connectivity index (χ1v) is 6.08. The van der Waals surface area contributed by atoms with E-state index in [1.165, 1.54) is 4.90 Å². The van der Waals surface area contributed by atoms with Crippen LogP contribution in [0.4, 0.5) is 17.5 Å². The molecule has 2 aliphatic rings. The quantitative estimate of drug-likeness (QED) is 0.341. The van der Waals surface area contributed by atoms with Crippen molar-refractivity contribution < 1.29 is 20.1 Å². The van der Waals surface area contributed by atoms with E-state index in [9.17, 15) is 15.0 Å². The van der Waals surface area contributed by atoms with Gasteiger partial charge < -0.3 is 31.1 Å². The number of ether oxygens (including phenoxy) is 1. The second kappa shape index (κ2) is 4.59. The van der Waals surface area contributed by atoms with E-state index in [-0.39, 0.29) is 30.5 Å². The Morgan fingerprint density at radius 2 is 2.25 bits per heavy atom. The second-order valence-electron chi connectivity index (χ2n) is 4.69. The molecule has 3 rings (SSSR count). The molecule has 10 nitrogen and oxygen atoms in total. The maximum absolute atomic E-state index is 11.7. The van der Waals surface area contributed by atoms with Gasteiger partial charge in [-0.05, 0) is 0 Å². The summed E-state index contributed by atoms with van der Waals surface area (Å²) >= 11 is 0. The zero-order valence-electron chi connectivity index (χ0n) is 10.4. The summed E-state index contributed by atoms with van der Waals surface area (Å²) in [5.41, 5.74) is 5.06. The molecular weight excluding hydrogens is 270 g/mol. The van der Waals surface area contributed by atoms with Gasteiger partial charge in [-0.25, -0.2) is 0 Å². The molecule has 10 heteroatoms. The van der Waals surface area contributed by atoms with Gasteiger partial charge in [0.15, 0.2) is 5.82 Å². The number of aromatic nitrogens is 2. The van der Waals surface area contributed by atoms with Gasteiger partial charge in [-0.3, -0.25) is 14.7 Å². The van der Waals surface area contributed by atoms with Crippen LogP contribution < -0.4 is 21.5 Å². The molecule has 0 bridgehead atoms. The highest BCUT2D eigenvalue weighted by Crippen LogP contribution is 2.35. The highest BCUT2D eigenvalue weighted by Gasteiger charge is 2.43. The number of rotatable bonds is 2. The lowest BCUT2D eigenvalue weighted by Crippen LogP contribution is -2.44.